The molecule has 4 aromatic heterocycles. The number of nitrogens with zero attached hydrogens (tertiary/aromatic N) is 4. The average Bonchev–Trinajstić information content (AvgIpc) is 2.85. The summed E-state index contributed by atoms with van der Waals surface area (Å²) >= 11 is 0.194. The average molecular weight is 487 g/mol. The summed E-state index contributed by atoms with van der Waals surface area (Å²) in [5, 5.41) is 4.55. The Morgan fingerprint density at radius 3 is 0.871 bits per heavy atom. The van der Waals surface area contributed by atoms with E-state index in [9.17, 15) is 0 Å². The number of aromatic nitrogens is 4. The molecule has 31 heavy (non-hydrogen) atoms. The molecule has 0 unspecified atom stereocenters. The van der Waals surface area contributed by atoms with Crippen LogP contribution in [0.5, 0.6) is 0 Å². The monoisotopic (exact) mass is 486 g/mol. The number of halogens is 2. The fourth-order valence-electron chi connectivity index (χ4n) is 3.36. The Kier molecular flexibility index (Phi) is 7.23. The van der Waals surface area contributed by atoms with E-state index in [1.54, 1.807) is 24.8 Å². The van der Waals surface area contributed by atoms with E-state index in [1.165, 1.54) is 0 Å². The van der Waals surface area contributed by atoms with Crippen LogP contribution in [0.25, 0.3) is 43.6 Å². The molecule has 2 aromatic carbocycles. The molecule has 6 rings (SSSR count). The van der Waals surface area contributed by atoms with Crippen LogP contribution in [0.2, 0.25) is 0 Å². The van der Waals surface area contributed by atoms with E-state index in [1.807, 2.05) is 24.3 Å². The molecule has 0 bridgehead atoms. The molecule has 0 fully saturated rings. The maximum absolute atomic E-state index is 4.76. The summed E-state index contributed by atoms with van der Waals surface area (Å²) in [6.45, 7) is 0. The third kappa shape index (κ3) is 4.92. The number of pyridine rings is 4. The van der Waals surface area contributed by atoms with Crippen LogP contribution >= 0.6 is 20.2 Å². The van der Waals surface area contributed by atoms with Crippen LogP contribution in [0.1, 0.15) is 0 Å². The van der Waals surface area contributed by atoms with Crippen molar-refractivity contribution in [1.29, 1.82) is 0 Å². The molecule has 0 amide bonds. The Morgan fingerprint density at radius 1 is 0.419 bits per heavy atom. The normalized spacial score (nSPS) is 10.5. The maximum atomic E-state index is 4.76. The van der Waals surface area contributed by atoms with E-state index >= 15 is 0 Å². The van der Waals surface area contributed by atoms with E-state index in [0.29, 0.717) is 0 Å². The van der Waals surface area contributed by atoms with Gasteiger partial charge in [0.2, 0.25) is 0 Å². The van der Waals surface area contributed by atoms with Crippen LogP contribution in [0.15, 0.2) is 97.6 Å². The molecular weight excluding hydrogens is 471 g/mol. The van der Waals surface area contributed by atoms with Crippen molar-refractivity contribution in [1.82, 2.24) is 19.9 Å². The zero-order chi connectivity index (χ0) is 21.5. The largest absolute Gasteiger partial charge is 0.254 e. The van der Waals surface area contributed by atoms with Gasteiger partial charge in [-0.2, -0.15) is 0 Å². The molecular formula is C24H16Cl2FeN4. The molecule has 154 valence electrons. The first-order chi connectivity index (χ1) is 15.3. The van der Waals surface area contributed by atoms with Crippen molar-refractivity contribution < 1.29 is 13.1 Å². The minimum Gasteiger partial charge on any atom is -0.254 e. The number of benzene rings is 2. The van der Waals surface area contributed by atoms with Gasteiger partial charge in [-0.25, -0.2) is 0 Å². The van der Waals surface area contributed by atoms with Gasteiger partial charge in [0.05, 0.1) is 22.1 Å². The van der Waals surface area contributed by atoms with E-state index in [2.05, 4.69) is 68.5 Å². The molecule has 0 aliphatic rings. The second-order valence-corrected chi connectivity index (χ2v) is 8.31. The van der Waals surface area contributed by atoms with Crippen LogP contribution < -0.4 is 0 Å². The van der Waals surface area contributed by atoms with Gasteiger partial charge in [0, 0.05) is 46.3 Å². The summed E-state index contributed by atoms with van der Waals surface area (Å²) < 4.78 is 0. The van der Waals surface area contributed by atoms with Crippen LogP contribution in [-0.2, 0) is 13.1 Å². The van der Waals surface area contributed by atoms with Crippen molar-refractivity contribution in [2.24, 2.45) is 0 Å². The topological polar surface area (TPSA) is 51.6 Å². The predicted octanol–water partition coefficient (Wildman–Crippen LogP) is 6.94. The van der Waals surface area contributed by atoms with Gasteiger partial charge in [-0.3, -0.25) is 19.9 Å². The van der Waals surface area contributed by atoms with Crippen LogP contribution in [0.4, 0.5) is 0 Å². The van der Waals surface area contributed by atoms with Gasteiger partial charge in [0.25, 0.3) is 0 Å². The maximum Gasteiger partial charge on any atom is 0.0964 e. The third-order valence-corrected chi connectivity index (χ3v) is 4.69. The van der Waals surface area contributed by atoms with Gasteiger partial charge in [0.1, 0.15) is 0 Å². The Hall–Kier alpha value is -2.82. The predicted molar refractivity (Wildman–Crippen MR) is 126 cm³/mol. The van der Waals surface area contributed by atoms with E-state index < -0.39 is 0 Å². The summed E-state index contributed by atoms with van der Waals surface area (Å²) in [5.74, 6) is 0. The standard InChI is InChI=1S/2C12H8N2.2ClH.Fe/c2*1-3-9-5-6-10-4-2-8-14-12(10)11(9)13-7-1;;;/h2*1-8H;2*1H;/q;;;;+2/p-2. The van der Waals surface area contributed by atoms with Gasteiger partial charge in [-0.05, 0) is 24.3 Å². The molecule has 0 saturated heterocycles. The van der Waals surface area contributed by atoms with Crippen LogP contribution in [0, 0.1) is 0 Å². The van der Waals surface area contributed by atoms with Crippen molar-refractivity contribution in [3.05, 3.63) is 97.6 Å². The molecule has 0 saturated carbocycles. The summed E-state index contributed by atoms with van der Waals surface area (Å²) in [4.78, 5) is 17.4. The molecule has 0 N–H and O–H groups in total. The molecule has 0 aliphatic carbocycles. The van der Waals surface area contributed by atoms with E-state index in [0.717, 1.165) is 43.6 Å². The molecule has 0 spiro atoms. The van der Waals surface area contributed by atoms with E-state index in [4.69, 9.17) is 20.2 Å². The Balaban J connectivity index is 0.000000133. The van der Waals surface area contributed by atoms with Gasteiger partial charge >= 0.3 is 33.3 Å². The molecule has 0 radical (unpaired) electrons. The zero-order valence-corrected chi connectivity index (χ0v) is 18.8. The quantitative estimate of drug-likeness (QED) is 0.172. The summed E-state index contributed by atoms with van der Waals surface area (Å²) in [5.41, 5.74) is 3.91. The Labute approximate surface area is 193 Å². The smallest absolute Gasteiger partial charge is 0.0964 e. The number of hydrogen-bond acceptors (Lipinski definition) is 4. The molecule has 0 aliphatic heterocycles. The van der Waals surface area contributed by atoms with Crippen LogP contribution in [-0.4, -0.2) is 19.9 Å². The van der Waals surface area contributed by atoms with Crippen molar-refractivity contribution in [2.75, 3.05) is 0 Å². The first-order valence-electron chi connectivity index (χ1n) is 9.34. The van der Waals surface area contributed by atoms with Crippen molar-refractivity contribution >= 4 is 63.8 Å². The SMILES string of the molecule is [Cl][Fe][Cl].c1cnc2c(c1)ccc1cccnc12.c1cnc2c(c1)ccc1cccnc12. The molecule has 6 aromatic rings. The summed E-state index contributed by atoms with van der Waals surface area (Å²) in [7, 11) is 9.53. The number of fused-ring (bicyclic) bond motifs is 6. The molecule has 7 heteroatoms. The summed E-state index contributed by atoms with van der Waals surface area (Å²) in [6, 6.07) is 24.3. The van der Waals surface area contributed by atoms with Crippen molar-refractivity contribution in [3.63, 3.8) is 0 Å². The van der Waals surface area contributed by atoms with Crippen LogP contribution in [0.3, 0.4) is 0 Å². The first kappa shape index (κ1) is 21.4. The van der Waals surface area contributed by atoms with Gasteiger partial charge < -0.3 is 0 Å². The second kappa shape index (κ2) is 10.5. The molecule has 4 nitrogen and oxygen atoms in total. The Bertz CT molecular complexity index is 1240. The van der Waals surface area contributed by atoms with Crippen molar-refractivity contribution in [3.8, 4) is 0 Å². The van der Waals surface area contributed by atoms with Gasteiger partial charge in [0.15, 0.2) is 0 Å². The van der Waals surface area contributed by atoms with E-state index in [-0.39, 0.29) is 13.1 Å². The number of rotatable bonds is 0. The first-order valence-corrected chi connectivity index (χ1v) is 12.4. The van der Waals surface area contributed by atoms with Crippen molar-refractivity contribution in [2.45, 2.75) is 0 Å². The number of hydrogen-bond donors (Lipinski definition) is 0. The molecule has 4 heterocycles. The zero-order valence-electron chi connectivity index (χ0n) is 16.1. The minimum absolute atomic E-state index is 0.194. The fraction of sp³-hybridized carbons (Fsp3) is 0. The second-order valence-electron chi connectivity index (χ2n) is 6.48. The fourth-order valence-corrected chi connectivity index (χ4v) is 3.36. The Morgan fingerprint density at radius 2 is 0.645 bits per heavy atom. The minimum atomic E-state index is 0.194. The van der Waals surface area contributed by atoms with Gasteiger partial charge in [-0.15, -0.1) is 0 Å². The summed E-state index contributed by atoms with van der Waals surface area (Å²) in [6.07, 6.45) is 7.21. The van der Waals surface area contributed by atoms with Gasteiger partial charge in [-0.1, -0.05) is 48.5 Å². The molecule has 0 atom stereocenters. The third-order valence-electron chi connectivity index (χ3n) is 4.69.